The van der Waals surface area contributed by atoms with Gasteiger partial charge in [0, 0.05) is 13.0 Å². The summed E-state index contributed by atoms with van der Waals surface area (Å²) in [4.78, 5) is 12.1. The van der Waals surface area contributed by atoms with Gasteiger partial charge in [0.15, 0.2) is 0 Å². The number of nitrogens with two attached hydrogens (primary N) is 1. The molecule has 0 radical (unpaired) electrons. The molecule has 5 heteroatoms. The summed E-state index contributed by atoms with van der Waals surface area (Å²) in [6.45, 7) is 2.70. The molecule has 0 aromatic rings. The predicted octanol–water partition coefficient (Wildman–Crippen LogP) is 12.0. The summed E-state index contributed by atoms with van der Waals surface area (Å²) in [6.07, 6.45) is 46.4. The van der Waals surface area contributed by atoms with Gasteiger partial charge in [0.2, 0.25) is 0 Å². The average molecular weight is 666 g/mol. The summed E-state index contributed by atoms with van der Waals surface area (Å²) >= 11 is 0. The van der Waals surface area contributed by atoms with Gasteiger partial charge in [-0.1, -0.05) is 205 Å². The van der Waals surface area contributed by atoms with Crippen LogP contribution in [0.3, 0.4) is 0 Å². The fourth-order valence-corrected chi connectivity index (χ4v) is 6.40. The number of carbonyl (C=O) groups excluding carboxylic acids is 1. The molecule has 2 atom stereocenters. The minimum atomic E-state index is -0.764. The molecule has 0 aromatic heterocycles. The third-order valence-corrected chi connectivity index (χ3v) is 9.72. The average Bonchev–Trinajstić information content (AvgIpc) is 3.07. The van der Waals surface area contributed by atoms with E-state index in [4.69, 9.17) is 15.6 Å². The van der Waals surface area contributed by atoms with Crippen LogP contribution in [0.5, 0.6) is 0 Å². The highest BCUT2D eigenvalue weighted by atomic mass is 16.5. The Morgan fingerprint density at radius 2 is 0.894 bits per heavy atom. The van der Waals surface area contributed by atoms with Gasteiger partial charge in [-0.15, -0.1) is 0 Å². The molecule has 47 heavy (non-hydrogen) atoms. The van der Waals surface area contributed by atoms with E-state index in [9.17, 15) is 9.90 Å². The quantitative estimate of drug-likeness (QED) is 0.0345. The molecule has 0 saturated carbocycles. The van der Waals surface area contributed by atoms with E-state index in [0.29, 0.717) is 13.0 Å². The van der Waals surface area contributed by atoms with Gasteiger partial charge in [-0.3, -0.25) is 4.79 Å². The van der Waals surface area contributed by atoms with Gasteiger partial charge in [0.25, 0.3) is 0 Å². The maximum Gasteiger partial charge on any atom is 0.305 e. The van der Waals surface area contributed by atoms with E-state index in [1.165, 1.54) is 180 Å². The molecular weight excluding hydrogens is 582 g/mol. The maximum absolute atomic E-state index is 12.1. The standard InChI is InChI=1S/C42H83NO4/c1-2-3-4-5-6-7-8-18-21-24-27-30-33-36-41(45)40(43)39-47-42(46)37-34-31-28-25-22-19-16-14-12-10-9-11-13-15-17-20-23-26-29-32-35-38-44/h33,36,40-41,44-45H,2-32,34-35,37-39,43H2,1H3/b36-33+. The smallest absolute Gasteiger partial charge is 0.305 e. The molecule has 0 aliphatic rings. The highest BCUT2D eigenvalue weighted by Crippen LogP contribution is 2.16. The van der Waals surface area contributed by atoms with E-state index in [2.05, 4.69) is 6.92 Å². The second-order valence-corrected chi connectivity index (χ2v) is 14.5. The summed E-state index contributed by atoms with van der Waals surface area (Å²) in [5.41, 5.74) is 6.04. The molecule has 0 amide bonds. The number of aliphatic hydroxyl groups excluding tert-OH is 2. The predicted molar refractivity (Wildman–Crippen MR) is 204 cm³/mol. The highest BCUT2D eigenvalue weighted by Gasteiger charge is 2.14. The van der Waals surface area contributed by atoms with Crippen LogP contribution in [0.4, 0.5) is 0 Å². The molecular formula is C42H83NO4. The first-order chi connectivity index (χ1) is 23.1. The van der Waals surface area contributed by atoms with E-state index in [1.807, 2.05) is 6.08 Å². The third kappa shape index (κ3) is 37.8. The Morgan fingerprint density at radius 1 is 0.553 bits per heavy atom. The Labute approximate surface area is 293 Å². The largest absolute Gasteiger partial charge is 0.464 e. The molecule has 5 nitrogen and oxygen atoms in total. The Bertz CT molecular complexity index is 640. The number of ether oxygens (including phenoxy) is 1. The van der Waals surface area contributed by atoms with Gasteiger partial charge in [-0.2, -0.15) is 0 Å². The number of carbonyl (C=O) groups is 1. The lowest BCUT2D eigenvalue weighted by molar-refractivity contribution is -0.144. The van der Waals surface area contributed by atoms with Crippen LogP contribution in [0.25, 0.3) is 0 Å². The SMILES string of the molecule is CCCCCCCCCCCCC/C=C/C(O)C(N)COC(=O)CCCCCCCCCCCCCCCCCCCCCCCO. The lowest BCUT2D eigenvalue weighted by Gasteiger charge is -2.15. The van der Waals surface area contributed by atoms with E-state index in [0.717, 1.165) is 32.1 Å². The molecule has 2 unspecified atom stereocenters. The van der Waals surface area contributed by atoms with E-state index in [-0.39, 0.29) is 12.6 Å². The van der Waals surface area contributed by atoms with Crippen LogP contribution in [0, 0.1) is 0 Å². The number of rotatable bonds is 39. The molecule has 0 rings (SSSR count). The topological polar surface area (TPSA) is 92.8 Å². The zero-order valence-corrected chi connectivity index (χ0v) is 31.6. The molecule has 0 aliphatic heterocycles. The second kappa shape index (κ2) is 39.5. The zero-order chi connectivity index (χ0) is 34.3. The molecule has 0 aromatic carbocycles. The number of unbranched alkanes of at least 4 members (excludes halogenated alkanes) is 31. The first kappa shape index (κ1) is 46.1. The molecule has 0 saturated heterocycles. The van der Waals surface area contributed by atoms with Crippen molar-refractivity contribution in [2.75, 3.05) is 13.2 Å². The minimum Gasteiger partial charge on any atom is -0.464 e. The van der Waals surface area contributed by atoms with Crippen LogP contribution in [0.15, 0.2) is 12.2 Å². The van der Waals surface area contributed by atoms with E-state index < -0.39 is 12.1 Å². The Kier molecular flexibility index (Phi) is 38.8. The van der Waals surface area contributed by atoms with Crippen LogP contribution in [-0.4, -0.2) is 41.5 Å². The van der Waals surface area contributed by atoms with Crippen molar-refractivity contribution in [1.82, 2.24) is 0 Å². The Morgan fingerprint density at radius 3 is 1.28 bits per heavy atom. The highest BCUT2D eigenvalue weighted by molar-refractivity contribution is 5.69. The molecule has 0 bridgehead atoms. The van der Waals surface area contributed by atoms with Gasteiger partial charge in [-0.05, 0) is 25.7 Å². The van der Waals surface area contributed by atoms with Crippen molar-refractivity contribution >= 4 is 5.97 Å². The summed E-state index contributed by atoms with van der Waals surface area (Å²) in [5.74, 6) is -0.196. The van der Waals surface area contributed by atoms with Crippen LogP contribution in [0.1, 0.15) is 225 Å². The molecule has 0 fully saturated rings. The van der Waals surface area contributed by atoms with Crippen molar-refractivity contribution in [3.63, 3.8) is 0 Å². The van der Waals surface area contributed by atoms with Crippen molar-refractivity contribution < 1.29 is 19.7 Å². The molecule has 0 spiro atoms. The molecule has 0 aliphatic carbocycles. The Balaban J connectivity index is 3.39. The summed E-state index contributed by atoms with van der Waals surface area (Å²) < 4.78 is 5.33. The summed E-state index contributed by atoms with van der Waals surface area (Å²) in [7, 11) is 0. The third-order valence-electron chi connectivity index (χ3n) is 9.72. The fourth-order valence-electron chi connectivity index (χ4n) is 6.40. The summed E-state index contributed by atoms with van der Waals surface area (Å²) in [6, 6.07) is -0.563. The number of hydrogen-bond acceptors (Lipinski definition) is 5. The Hall–Kier alpha value is -0.910. The van der Waals surface area contributed by atoms with Crippen molar-refractivity contribution in [2.24, 2.45) is 5.73 Å². The van der Waals surface area contributed by atoms with Crippen molar-refractivity contribution in [3.8, 4) is 0 Å². The van der Waals surface area contributed by atoms with Crippen molar-refractivity contribution in [3.05, 3.63) is 12.2 Å². The van der Waals surface area contributed by atoms with Crippen LogP contribution < -0.4 is 5.73 Å². The summed E-state index contributed by atoms with van der Waals surface area (Å²) in [5, 5.41) is 19.1. The lowest BCUT2D eigenvalue weighted by Crippen LogP contribution is -2.38. The van der Waals surface area contributed by atoms with E-state index >= 15 is 0 Å². The fraction of sp³-hybridized carbons (Fsp3) is 0.929. The normalized spacial score (nSPS) is 13.0. The lowest BCUT2D eigenvalue weighted by atomic mass is 10.0. The monoisotopic (exact) mass is 666 g/mol. The van der Waals surface area contributed by atoms with Crippen molar-refractivity contribution in [2.45, 2.75) is 237 Å². The number of aliphatic hydroxyl groups is 2. The molecule has 4 N–H and O–H groups in total. The molecule has 0 heterocycles. The van der Waals surface area contributed by atoms with E-state index in [1.54, 1.807) is 6.08 Å². The van der Waals surface area contributed by atoms with Crippen LogP contribution in [0.2, 0.25) is 0 Å². The second-order valence-electron chi connectivity index (χ2n) is 14.5. The molecule has 280 valence electrons. The van der Waals surface area contributed by atoms with Gasteiger partial charge < -0.3 is 20.7 Å². The number of allylic oxidation sites excluding steroid dienone is 1. The first-order valence-corrected chi connectivity index (χ1v) is 21.0. The van der Waals surface area contributed by atoms with Crippen LogP contribution in [-0.2, 0) is 9.53 Å². The first-order valence-electron chi connectivity index (χ1n) is 21.0. The van der Waals surface area contributed by atoms with Crippen LogP contribution >= 0.6 is 0 Å². The number of hydrogen-bond donors (Lipinski definition) is 3. The van der Waals surface area contributed by atoms with Gasteiger partial charge in [0.05, 0.1) is 12.1 Å². The minimum absolute atomic E-state index is 0.0799. The maximum atomic E-state index is 12.1. The van der Waals surface area contributed by atoms with Crippen molar-refractivity contribution in [1.29, 1.82) is 0 Å². The van der Waals surface area contributed by atoms with Gasteiger partial charge >= 0.3 is 5.97 Å². The zero-order valence-electron chi connectivity index (χ0n) is 31.6. The van der Waals surface area contributed by atoms with Gasteiger partial charge in [0.1, 0.15) is 6.61 Å². The van der Waals surface area contributed by atoms with Gasteiger partial charge in [-0.25, -0.2) is 0 Å². The number of esters is 1.